The monoisotopic (exact) mass is 327 g/mol. The Morgan fingerprint density at radius 3 is 2.90 bits per heavy atom. The van der Waals surface area contributed by atoms with Crippen LogP contribution in [0.15, 0.2) is 11.5 Å². The van der Waals surface area contributed by atoms with Crippen LogP contribution < -0.4 is 5.32 Å². The molecule has 1 N–H and O–H groups in total. The van der Waals surface area contributed by atoms with Crippen LogP contribution in [-0.4, -0.2) is 44.5 Å². The zero-order valence-corrected chi connectivity index (χ0v) is 13.2. The number of nitrogens with one attached hydrogen (secondary N) is 1. The third kappa shape index (κ3) is 3.79. The number of hydrogen-bond acceptors (Lipinski definition) is 8. The zero-order chi connectivity index (χ0) is 15.4. The lowest BCUT2D eigenvalue weighted by Gasteiger charge is -2.01. The summed E-state index contributed by atoms with van der Waals surface area (Å²) in [5.74, 6) is -0.509. The molecule has 0 spiro atoms. The Hall–Kier alpha value is -1.94. The van der Waals surface area contributed by atoms with E-state index in [9.17, 15) is 9.59 Å². The summed E-state index contributed by atoms with van der Waals surface area (Å²) in [6, 6.07) is 0. The summed E-state index contributed by atoms with van der Waals surface area (Å²) in [7, 11) is 3.10. The van der Waals surface area contributed by atoms with Gasteiger partial charge in [-0.1, -0.05) is 23.1 Å². The van der Waals surface area contributed by atoms with Gasteiger partial charge in [0.1, 0.15) is 11.2 Å². The lowest BCUT2D eigenvalue weighted by atomic mass is 10.4. The van der Waals surface area contributed by atoms with E-state index in [0.717, 1.165) is 11.3 Å². The first-order valence-electron chi connectivity index (χ1n) is 5.83. The molecule has 0 saturated carbocycles. The first-order chi connectivity index (χ1) is 10.0. The molecule has 21 heavy (non-hydrogen) atoms. The lowest BCUT2D eigenvalue weighted by molar-refractivity contribution is -0.113. The van der Waals surface area contributed by atoms with Crippen LogP contribution in [0.1, 0.15) is 15.4 Å². The van der Waals surface area contributed by atoms with Gasteiger partial charge >= 0.3 is 5.97 Å². The molecule has 0 saturated heterocycles. The van der Waals surface area contributed by atoms with Gasteiger partial charge in [-0.2, -0.15) is 0 Å². The van der Waals surface area contributed by atoms with E-state index in [-0.39, 0.29) is 11.7 Å². The first-order valence-corrected chi connectivity index (χ1v) is 7.64. The van der Waals surface area contributed by atoms with Crippen LogP contribution in [0, 0.1) is 6.92 Å². The minimum absolute atomic E-state index is 0.179. The molecule has 0 aliphatic rings. The molecule has 8 nitrogen and oxygen atoms in total. The predicted molar refractivity (Wildman–Crippen MR) is 78.5 cm³/mol. The quantitative estimate of drug-likeness (QED) is 0.648. The Kier molecular flexibility index (Phi) is 4.91. The van der Waals surface area contributed by atoms with Gasteiger partial charge in [-0.25, -0.2) is 9.78 Å². The highest BCUT2D eigenvalue weighted by atomic mass is 32.2. The summed E-state index contributed by atoms with van der Waals surface area (Å²) in [6.45, 7) is 1.69. The van der Waals surface area contributed by atoms with Crippen LogP contribution in [0.5, 0.6) is 0 Å². The van der Waals surface area contributed by atoms with Gasteiger partial charge in [0.15, 0.2) is 10.3 Å². The maximum atomic E-state index is 11.8. The van der Waals surface area contributed by atoms with Crippen LogP contribution in [0.2, 0.25) is 0 Å². The molecule has 0 fully saturated rings. The van der Waals surface area contributed by atoms with Crippen LogP contribution in [0.25, 0.3) is 0 Å². The van der Waals surface area contributed by atoms with Gasteiger partial charge in [-0.3, -0.25) is 4.79 Å². The summed E-state index contributed by atoms with van der Waals surface area (Å²) < 4.78 is 6.36. The second kappa shape index (κ2) is 6.68. The minimum atomic E-state index is -0.459. The Morgan fingerprint density at radius 1 is 1.52 bits per heavy atom. The van der Waals surface area contributed by atoms with E-state index >= 15 is 0 Å². The molecular weight excluding hydrogens is 314 g/mol. The molecule has 112 valence electrons. The van der Waals surface area contributed by atoms with Crippen molar-refractivity contribution in [3.05, 3.63) is 16.9 Å². The standard InChI is InChI=1S/C11H13N5O3S2/c1-6-8(9(18)19-3)21-10(13-6)14-7(17)4-20-11-15-12-5-16(11)2/h5H,4H2,1-3H3,(H,13,14,17). The van der Waals surface area contributed by atoms with Crippen molar-refractivity contribution in [2.75, 3.05) is 18.2 Å². The predicted octanol–water partition coefficient (Wildman–Crippen LogP) is 1.10. The zero-order valence-electron chi connectivity index (χ0n) is 11.6. The van der Waals surface area contributed by atoms with Crippen molar-refractivity contribution >= 4 is 40.1 Å². The Balaban J connectivity index is 1.94. The smallest absolute Gasteiger partial charge is 0.350 e. The molecule has 0 aliphatic heterocycles. The molecule has 2 rings (SSSR count). The lowest BCUT2D eigenvalue weighted by Crippen LogP contribution is -2.14. The van der Waals surface area contributed by atoms with Crippen molar-refractivity contribution in [1.29, 1.82) is 0 Å². The van der Waals surface area contributed by atoms with Crippen LogP contribution >= 0.6 is 23.1 Å². The Bertz CT molecular complexity index is 667. The molecule has 0 aromatic carbocycles. The number of thiazole rings is 1. The van der Waals surface area contributed by atoms with Crippen molar-refractivity contribution < 1.29 is 14.3 Å². The SMILES string of the molecule is COC(=O)c1sc(NC(=O)CSc2nncn2C)nc1C. The average molecular weight is 327 g/mol. The number of carbonyl (C=O) groups is 2. The number of rotatable bonds is 5. The van der Waals surface area contributed by atoms with Crippen molar-refractivity contribution in [3.8, 4) is 0 Å². The van der Waals surface area contributed by atoms with Gasteiger partial charge in [0.25, 0.3) is 0 Å². The van der Waals surface area contributed by atoms with E-state index in [4.69, 9.17) is 0 Å². The maximum Gasteiger partial charge on any atom is 0.350 e. The summed E-state index contributed by atoms with van der Waals surface area (Å²) in [5.41, 5.74) is 0.531. The fraction of sp³-hybridized carbons (Fsp3) is 0.364. The molecular formula is C11H13N5O3S2. The van der Waals surface area contributed by atoms with Crippen LogP contribution in [0.3, 0.4) is 0 Å². The Labute approximate surface area is 128 Å². The number of nitrogens with zero attached hydrogens (tertiary/aromatic N) is 4. The molecule has 2 heterocycles. The normalized spacial score (nSPS) is 10.4. The molecule has 0 radical (unpaired) electrons. The second-order valence-corrected chi connectivity index (χ2v) is 5.93. The number of carbonyl (C=O) groups excluding carboxylic acids is 2. The highest BCUT2D eigenvalue weighted by Gasteiger charge is 2.17. The summed E-state index contributed by atoms with van der Waals surface area (Å²) >= 11 is 2.35. The van der Waals surface area contributed by atoms with Crippen LogP contribution in [-0.2, 0) is 16.6 Å². The fourth-order valence-electron chi connectivity index (χ4n) is 1.42. The highest BCUT2D eigenvalue weighted by Crippen LogP contribution is 2.23. The van der Waals surface area contributed by atoms with Crippen molar-refractivity contribution in [1.82, 2.24) is 19.7 Å². The summed E-state index contributed by atoms with van der Waals surface area (Å²) in [4.78, 5) is 27.8. The number of thioether (sulfide) groups is 1. The second-order valence-electron chi connectivity index (χ2n) is 3.99. The van der Waals surface area contributed by atoms with E-state index < -0.39 is 5.97 Å². The van der Waals surface area contributed by atoms with Gasteiger partial charge < -0.3 is 14.6 Å². The van der Waals surface area contributed by atoms with Crippen molar-refractivity contribution in [2.24, 2.45) is 7.05 Å². The molecule has 10 heteroatoms. The van der Waals surface area contributed by atoms with Gasteiger partial charge in [-0.15, -0.1) is 10.2 Å². The number of hydrogen-bond donors (Lipinski definition) is 1. The average Bonchev–Trinajstić information content (AvgIpc) is 3.01. The molecule has 2 aromatic rings. The van der Waals surface area contributed by atoms with Crippen molar-refractivity contribution in [3.63, 3.8) is 0 Å². The number of amides is 1. The van der Waals surface area contributed by atoms with E-state index in [1.165, 1.54) is 18.9 Å². The van der Waals surface area contributed by atoms with Gasteiger partial charge in [0.2, 0.25) is 5.91 Å². The number of aryl methyl sites for hydroxylation is 2. The molecule has 0 atom stereocenters. The van der Waals surface area contributed by atoms with Gasteiger partial charge in [-0.05, 0) is 6.92 Å². The molecule has 2 aromatic heterocycles. The summed E-state index contributed by atoms with van der Waals surface area (Å²) in [5, 5.41) is 11.3. The number of anilines is 1. The number of ether oxygens (including phenoxy) is 1. The molecule has 1 amide bonds. The molecule has 0 bridgehead atoms. The third-order valence-corrected chi connectivity index (χ3v) is 4.50. The van der Waals surface area contributed by atoms with E-state index in [2.05, 4.69) is 25.2 Å². The topological polar surface area (TPSA) is 99.0 Å². The molecule has 0 unspecified atom stereocenters. The van der Waals surface area contributed by atoms with E-state index in [1.807, 2.05) is 0 Å². The number of aromatic nitrogens is 4. The summed E-state index contributed by atoms with van der Waals surface area (Å²) in [6.07, 6.45) is 1.56. The van der Waals surface area contributed by atoms with Crippen LogP contribution in [0.4, 0.5) is 5.13 Å². The Morgan fingerprint density at radius 2 is 2.29 bits per heavy atom. The third-order valence-electron chi connectivity index (χ3n) is 2.42. The fourth-order valence-corrected chi connectivity index (χ4v) is 3.01. The largest absolute Gasteiger partial charge is 0.465 e. The van der Waals surface area contributed by atoms with E-state index in [1.54, 1.807) is 24.9 Å². The van der Waals surface area contributed by atoms with Gasteiger partial charge in [0, 0.05) is 7.05 Å². The maximum absolute atomic E-state index is 11.8. The molecule has 0 aliphatic carbocycles. The van der Waals surface area contributed by atoms with Crippen molar-refractivity contribution in [2.45, 2.75) is 12.1 Å². The number of methoxy groups -OCH3 is 1. The highest BCUT2D eigenvalue weighted by molar-refractivity contribution is 7.99. The number of esters is 1. The van der Waals surface area contributed by atoms with E-state index in [0.29, 0.717) is 20.9 Å². The van der Waals surface area contributed by atoms with Gasteiger partial charge in [0.05, 0.1) is 18.6 Å². The first kappa shape index (κ1) is 15.4. The minimum Gasteiger partial charge on any atom is -0.465 e.